The number of aromatic nitrogens is 1. The van der Waals surface area contributed by atoms with Gasteiger partial charge in [0.1, 0.15) is 5.76 Å². The third-order valence-corrected chi connectivity index (χ3v) is 2.34. The van der Waals surface area contributed by atoms with Crippen molar-refractivity contribution in [1.82, 2.24) is 5.32 Å². The molecular weight excluding hydrogens is 204 g/mol. The smallest absolute Gasteiger partial charge is 0.255 e. The van der Waals surface area contributed by atoms with Gasteiger partial charge in [0.25, 0.3) is 5.91 Å². The topological polar surface area (TPSA) is 56.4 Å². The Kier molecular flexibility index (Phi) is 3.00. The van der Waals surface area contributed by atoms with Gasteiger partial charge in [0.15, 0.2) is 12.4 Å². The molecule has 2 heterocycles. The lowest BCUT2D eigenvalue weighted by Gasteiger charge is -2.02. The maximum absolute atomic E-state index is 11.7. The lowest BCUT2D eigenvalue weighted by molar-refractivity contribution is -0.378. The van der Waals surface area contributed by atoms with Crippen LogP contribution in [-0.2, 0) is 6.54 Å². The Hall–Kier alpha value is -2.10. The first kappa shape index (κ1) is 10.4. The molecule has 2 aromatic heterocycles. The number of carbonyl (C=O) groups is 1. The van der Waals surface area contributed by atoms with Gasteiger partial charge in [0, 0.05) is 18.7 Å². The predicted octanol–water partition coefficient (Wildman–Crippen LogP) is 1.33. The van der Waals surface area contributed by atoms with Gasteiger partial charge >= 0.3 is 0 Å². The van der Waals surface area contributed by atoms with Crippen molar-refractivity contribution in [2.24, 2.45) is 0 Å². The van der Waals surface area contributed by atoms with Crippen molar-refractivity contribution in [3.63, 3.8) is 0 Å². The molecule has 0 atom stereocenters. The summed E-state index contributed by atoms with van der Waals surface area (Å²) < 4.78 is 5.07. The van der Waals surface area contributed by atoms with E-state index in [1.807, 2.05) is 24.5 Å². The summed E-state index contributed by atoms with van der Waals surface area (Å²) in [5.74, 6) is 0.526. The second kappa shape index (κ2) is 4.61. The van der Waals surface area contributed by atoms with Gasteiger partial charge in [-0.2, -0.15) is 0 Å². The van der Waals surface area contributed by atoms with Crippen LogP contribution in [0, 0.1) is 6.92 Å². The van der Waals surface area contributed by atoms with Crippen molar-refractivity contribution in [2.45, 2.75) is 13.5 Å². The zero-order chi connectivity index (χ0) is 11.4. The van der Waals surface area contributed by atoms with Gasteiger partial charge in [-0.15, -0.1) is 0 Å². The number of nitrogens with one attached hydrogen (secondary N) is 2. The molecule has 2 rings (SSSR count). The quantitative estimate of drug-likeness (QED) is 0.843. The van der Waals surface area contributed by atoms with Crippen LogP contribution in [0.4, 0.5) is 0 Å². The summed E-state index contributed by atoms with van der Waals surface area (Å²) in [7, 11) is 0. The molecule has 0 saturated heterocycles. The SMILES string of the molecule is Cc1occc1C(=O)NCc1cc[nH+]cc1. The van der Waals surface area contributed by atoms with Gasteiger partial charge in [-0.1, -0.05) is 0 Å². The fraction of sp³-hybridized carbons (Fsp3) is 0.167. The average molecular weight is 217 g/mol. The van der Waals surface area contributed by atoms with Crippen molar-refractivity contribution in [2.75, 3.05) is 0 Å². The number of hydrogen-bond acceptors (Lipinski definition) is 2. The molecule has 0 radical (unpaired) electrons. The maximum atomic E-state index is 11.7. The highest BCUT2D eigenvalue weighted by molar-refractivity contribution is 5.94. The predicted molar refractivity (Wildman–Crippen MR) is 57.6 cm³/mol. The van der Waals surface area contributed by atoms with Crippen LogP contribution in [0.25, 0.3) is 0 Å². The number of aryl methyl sites for hydroxylation is 1. The Labute approximate surface area is 93.3 Å². The molecule has 0 bridgehead atoms. The van der Waals surface area contributed by atoms with Gasteiger partial charge in [-0.25, -0.2) is 4.98 Å². The fourth-order valence-corrected chi connectivity index (χ4v) is 1.44. The van der Waals surface area contributed by atoms with E-state index < -0.39 is 0 Å². The van der Waals surface area contributed by atoms with E-state index >= 15 is 0 Å². The number of pyridine rings is 1. The van der Waals surface area contributed by atoms with E-state index in [4.69, 9.17) is 4.42 Å². The van der Waals surface area contributed by atoms with Crippen molar-refractivity contribution in [3.05, 3.63) is 53.7 Å². The first-order valence-corrected chi connectivity index (χ1v) is 5.04. The van der Waals surface area contributed by atoms with Gasteiger partial charge in [0.05, 0.1) is 11.8 Å². The highest BCUT2D eigenvalue weighted by Crippen LogP contribution is 2.08. The van der Waals surface area contributed by atoms with Crippen LogP contribution in [0.3, 0.4) is 0 Å². The van der Waals surface area contributed by atoms with E-state index in [0.29, 0.717) is 17.9 Å². The Balaban J connectivity index is 1.97. The summed E-state index contributed by atoms with van der Waals surface area (Å²) in [4.78, 5) is 14.7. The van der Waals surface area contributed by atoms with Crippen LogP contribution >= 0.6 is 0 Å². The number of carbonyl (C=O) groups excluding carboxylic acids is 1. The molecule has 4 nitrogen and oxygen atoms in total. The minimum atomic E-state index is -0.112. The summed E-state index contributed by atoms with van der Waals surface area (Å²) in [6, 6.07) is 5.51. The monoisotopic (exact) mass is 217 g/mol. The second-order valence-corrected chi connectivity index (χ2v) is 3.48. The molecule has 1 amide bonds. The summed E-state index contributed by atoms with van der Waals surface area (Å²) in [6.07, 6.45) is 5.16. The highest BCUT2D eigenvalue weighted by atomic mass is 16.3. The lowest BCUT2D eigenvalue weighted by Crippen LogP contribution is -2.23. The summed E-state index contributed by atoms with van der Waals surface area (Å²) in [5, 5.41) is 2.83. The zero-order valence-corrected chi connectivity index (χ0v) is 8.99. The van der Waals surface area contributed by atoms with Gasteiger partial charge in [-0.3, -0.25) is 4.79 Å². The van der Waals surface area contributed by atoms with Crippen molar-refractivity contribution < 1.29 is 14.2 Å². The van der Waals surface area contributed by atoms with Crippen molar-refractivity contribution in [3.8, 4) is 0 Å². The second-order valence-electron chi connectivity index (χ2n) is 3.48. The van der Waals surface area contributed by atoms with Crippen LogP contribution in [0.2, 0.25) is 0 Å². The van der Waals surface area contributed by atoms with Crippen LogP contribution in [0.1, 0.15) is 21.7 Å². The largest absolute Gasteiger partial charge is 0.469 e. The van der Waals surface area contributed by atoms with Gasteiger partial charge in [-0.05, 0) is 18.6 Å². The number of furan rings is 1. The number of aromatic amines is 1. The minimum Gasteiger partial charge on any atom is -0.469 e. The maximum Gasteiger partial charge on any atom is 0.255 e. The molecule has 0 aromatic carbocycles. The number of H-pyrrole nitrogens is 1. The Morgan fingerprint density at radius 3 is 2.75 bits per heavy atom. The molecule has 2 N–H and O–H groups in total. The molecule has 0 unspecified atom stereocenters. The van der Waals surface area contributed by atoms with E-state index in [9.17, 15) is 4.79 Å². The molecule has 0 aliphatic heterocycles. The van der Waals surface area contributed by atoms with Gasteiger partial charge < -0.3 is 9.73 Å². The number of amides is 1. The van der Waals surface area contributed by atoms with Crippen LogP contribution in [0.5, 0.6) is 0 Å². The molecule has 16 heavy (non-hydrogen) atoms. The third kappa shape index (κ3) is 2.28. The first-order chi connectivity index (χ1) is 7.77. The van der Waals surface area contributed by atoms with E-state index in [2.05, 4.69) is 10.3 Å². The van der Waals surface area contributed by atoms with Crippen molar-refractivity contribution >= 4 is 5.91 Å². The molecule has 0 aliphatic carbocycles. The van der Waals surface area contributed by atoms with Crippen molar-refractivity contribution in [1.29, 1.82) is 0 Å². The summed E-state index contributed by atoms with van der Waals surface area (Å²) in [5.41, 5.74) is 1.63. The molecule has 82 valence electrons. The molecule has 2 aromatic rings. The zero-order valence-electron chi connectivity index (χ0n) is 8.99. The van der Waals surface area contributed by atoms with E-state index in [1.165, 1.54) is 6.26 Å². The third-order valence-electron chi connectivity index (χ3n) is 2.34. The number of hydrogen-bond donors (Lipinski definition) is 1. The molecule has 4 heteroatoms. The lowest BCUT2D eigenvalue weighted by atomic mass is 10.2. The molecule has 0 spiro atoms. The van der Waals surface area contributed by atoms with Crippen LogP contribution in [-0.4, -0.2) is 5.91 Å². The Morgan fingerprint density at radius 2 is 2.12 bits per heavy atom. The molecule has 0 fully saturated rings. The normalized spacial score (nSPS) is 10.1. The Morgan fingerprint density at radius 1 is 1.38 bits per heavy atom. The van der Waals surface area contributed by atoms with E-state index in [0.717, 1.165) is 5.56 Å². The fourth-order valence-electron chi connectivity index (χ4n) is 1.44. The number of rotatable bonds is 3. The van der Waals surface area contributed by atoms with Crippen LogP contribution < -0.4 is 10.3 Å². The van der Waals surface area contributed by atoms with Gasteiger partial charge in [0.2, 0.25) is 0 Å². The summed E-state index contributed by atoms with van der Waals surface area (Å²) in [6.45, 7) is 2.28. The standard InChI is InChI=1S/C12H12N2O2/c1-9-11(4-7-16-9)12(15)14-8-10-2-5-13-6-3-10/h2-7H,8H2,1H3,(H,14,15)/p+1. The summed E-state index contributed by atoms with van der Waals surface area (Å²) >= 11 is 0. The molecule has 0 saturated carbocycles. The average Bonchev–Trinajstić information content (AvgIpc) is 2.74. The Bertz CT molecular complexity index is 477. The van der Waals surface area contributed by atoms with E-state index in [-0.39, 0.29) is 5.91 Å². The molecule has 0 aliphatic rings. The van der Waals surface area contributed by atoms with Crippen LogP contribution in [0.15, 0.2) is 41.3 Å². The first-order valence-electron chi connectivity index (χ1n) is 5.04. The highest BCUT2D eigenvalue weighted by Gasteiger charge is 2.10. The van der Waals surface area contributed by atoms with E-state index in [1.54, 1.807) is 13.0 Å². The molecular formula is C12H13N2O2+. The minimum absolute atomic E-state index is 0.112.